The third kappa shape index (κ3) is 4.85. The zero-order valence-electron chi connectivity index (χ0n) is 15.9. The molecule has 7 heteroatoms. The molecule has 150 valence electrons. The van der Waals surface area contributed by atoms with Crippen LogP contribution in [0.3, 0.4) is 0 Å². The van der Waals surface area contributed by atoms with Gasteiger partial charge < -0.3 is 4.74 Å². The van der Waals surface area contributed by atoms with Crippen molar-refractivity contribution in [3.05, 3.63) is 100 Å². The molecule has 0 heterocycles. The number of carbonyl (C=O) groups excluding carboxylic acids is 1. The van der Waals surface area contributed by atoms with E-state index in [1.807, 2.05) is 61.5 Å². The largest absolute Gasteiger partial charge is 0.465 e. The first-order valence-corrected chi connectivity index (χ1v) is 10.7. The summed E-state index contributed by atoms with van der Waals surface area (Å²) in [5.41, 5.74) is 2.65. The van der Waals surface area contributed by atoms with E-state index in [0.29, 0.717) is 0 Å². The standard InChI is InChI=1S/C22H20ClNO4S/c1-15-8-10-17(11-9-15)21(16-6-4-3-5-7-16)24-29(26,27)18-12-13-20(23)19(14-18)22(25)28-2/h3-14,21,24H,1-2H3/t21-/m0/s1. The van der Waals surface area contributed by atoms with Gasteiger partial charge in [-0.15, -0.1) is 0 Å². The van der Waals surface area contributed by atoms with Crippen molar-refractivity contribution < 1.29 is 17.9 Å². The van der Waals surface area contributed by atoms with Gasteiger partial charge in [0.25, 0.3) is 0 Å². The molecule has 3 aromatic rings. The molecule has 29 heavy (non-hydrogen) atoms. The Morgan fingerprint density at radius 1 is 0.966 bits per heavy atom. The molecule has 0 aliphatic carbocycles. The minimum atomic E-state index is -3.96. The van der Waals surface area contributed by atoms with Gasteiger partial charge in [0.1, 0.15) is 0 Å². The van der Waals surface area contributed by atoms with Crippen LogP contribution in [0.15, 0.2) is 77.7 Å². The van der Waals surface area contributed by atoms with Crippen LogP contribution in [0.5, 0.6) is 0 Å². The van der Waals surface area contributed by atoms with Crippen molar-refractivity contribution in [3.8, 4) is 0 Å². The van der Waals surface area contributed by atoms with Gasteiger partial charge in [-0.1, -0.05) is 71.8 Å². The Bertz CT molecular complexity index is 1110. The summed E-state index contributed by atoms with van der Waals surface area (Å²) in [7, 11) is -2.75. The number of ether oxygens (including phenoxy) is 1. The fraction of sp³-hybridized carbons (Fsp3) is 0.136. The van der Waals surface area contributed by atoms with E-state index in [-0.39, 0.29) is 15.5 Å². The van der Waals surface area contributed by atoms with E-state index in [2.05, 4.69) is 9.46 Å². The molecule has 0 amide bonds. The fourth-order valence-corrected chi connectivity index (χ4v) is 4.33. The number of esters is 1. The highest BCUT2D eigenvalue weighted by molar-refractivity contribution is 7.89. The monoisotopic (exact) mass is 429 g/mol. The van der Waals surface area contributed by atoms with Gasteiger partial charge in [-0.3, -0.25) is 0 Å². The second-order valence-electron chi connectivity index (χ2n) is 6.51. The van der Waals surface area contributed by atoms with Crippen molar-refractivity contribution in [2.45, 2.75) is 17.9 Å². The van der Waals surface area contributed by atoms with Crippen LogP contribution in [0.25, 0.3) is 0 Å². The molecule has 0 saturated heterocycles. The van der Waals surface area contributed by atoms with Gasteiger partial charge >= 0.3 is 5.97 Å². The predicted molar refractivity (Wildman–Crippen MR) is 113 cm³/mol. The maximum absolute atomic E-state index is 13.1. The number of rotatable bonds is 6. The first-order valence-electron chi connectivity index (χ1n) is 8.83. The Morgan fingerprint density at radius 3 is 2.21 bits per heavy atom. The van der Waals surface area contributed by atoms with E-state index in [9.17, 15) is 13.2 Å². The van der Waals surface area contributed by atoms with Crippen LogP contribution in [0, 0.1) is 6.92 Å². The molecular formula is C22H20ClNO4S. The molecule has 0 aliphatic rings. The van der Waals surface area contributed by atoms with E-state index in [1.165, 1.54) is 25.3 Å². The van der Waals surface area contributed by atoms with Gasteiger partial charge in [-0.2, -0.15) is 4.72 Å². The minimum Gasteiger partial charge on any atom is -0.465 e. The third-order valence-corrected chi connectivity index (χ3v) is 6.22. The summed E-state index contributed by atoms with van der Waals surface area (Å²) < 4.78 is 33.7. The molecule has 3 rings (SSSR count). The van der Waals surface area contributed by atoms with Gasteiger partial charge in [0.2, 0.25) is 10.0 Å². The normalized spacial score (nSPS) is 12.4. The van der Waals surface area contributed by atoms with Gasteiger partial charge in [0.15, 0.2) is 0 Å². The Labute approximate surface area is 175 Å². The van der Waals surface area contributed by atoms with E-state index >= 15 is 0 Å². The number of halogens is 1. The lowest BCUT2D eigenvalue weighted by atomic mass is 9.99. The van der Waals surface area contributed by atoms with Gasteiger partial charge in [-0.25, -0.2) is 13.2 Å². The van der Waals surface area contributed by atoms with Crippen LogP contribution in [-0.4, -0.2) is 21.5 Å². The van der Waals surface area contributed by atoms with Crippen LogP contribution in [0.1, 0.15) is 33.1 Å². The average molecular weight is 430 g/mol. The van der Waals surface area contributed by atoms with Crippen molar-refractivity contribution in [2.75, 3.05) is 7.11 Å². The lowest BCUT2D eigenvalue weighted by molar-refractivity contribution is 0.0600. The van der Waals surface area contributed by atoms with Gasteiger partial charge in [-0.05, 0) is 36.2 Å². The molecule has 0 saturated carbocycles. The number of hydrogen-bond acceptors (Lipinski definition) is 4. The molecule has 0 aliphatic heterocycles. The van der Waals surface area contributed by atoms with Crippen molar-refractivity contribution in [3.63, 3.8) is 0 Å². The number of aryl methyl sites for hydroxylation is 1. The smallest absolute Gasteiger partial charge is 0.339 e. The lowest BCUT2D eigenvalue weighted by Crippen LogP contribution is -2.29. The summed E-state index contributed by atoms with van der Waals surface area (Å²) in [6, 6.07) is 20.2. The van der Waals surface area contributed by atoms with Crippen molar-refractivity contribution >= 4 is 27.6 Å². The highest BCUT2D eigenvalue weighted by atomic mass is 35.5. The van der Waals surface area contributed by atoms with Crippen LogP contribution < -0.4 is 4.72 Å². The molecule has 0 radical (unpaired) electrons. The van der Waals surface area contributed by atoms with E-state index in [4.69, 9.17) is 11.6 Å². The van der Waals surface area contributed by atoms with Crippen molar-refractivity contribution in [2.24, 2.45) is 0 Å². The van der Waals surface area contributed by atoms with Crippen molar-refractivity contribution in [1.82, 2.24) is 4.72 Å². The number of carbonyl (C=O) groups is 1. The molecule has 0 bridgehead atoms. The molecule has 5 nitrogen and oxygen atoms in total. The highest BCUT2D eigenvalue weighted by Crippen LogP contribution is 2.27. The molecule has 0 fully saturated rings. The zero-order valence-corrected chi connectivity index (χ0v) is 17.5. The Hall–Kier alpha value is -2.67. The van der Waals surface area contributed by atoms with Crippen LogP contribution in [-0.2, 0) is 14.8 Å². The summed E-state index contributed by atoms with van der Waals surface area (Å²) in [5.74, 6) is -0.704. The van der Waals surface area contributed by atoms with E-state index in [0.717, 1.165) is 16.7 Å². The predicted octanol–water partition coefficient (Wildman–Crippen LogP) is 4.50. The highest BCUT2D eigenvalue weighted by Gasteiger charge is 2.24. The lowest BCUT2D eigenvalue weighted by Gasteiger charge is -2.20. The molecule has 0 unspecified atom stereocenters. The van der Waals surface area contributed by atoms with Gasteiger partial charge in [0, 0.05) is 0 Å². The SMILES string of the molecule is COC(=O)c1cc(S(=O)(=O)N[C@@H](c2ccccc2)c2ccc(C)cc2)ccc1Cl. The number of methoxy groups -OCH3 is 1. The number of sulfonamides is 1. The topological polar surface area (TPSA) is 72.5 Å². The van der Waals surface area contributed by atoms with Gasteiger partial charge in [0.05, 0.1) is 28.6 Å². The first kappa shape index (κ1) is 21.0. The fourth-order valence-electron chi connectivity index (χ4n) is 2.89. The summed E-state index contributed by atoms with van der Waals surface area (Å²) >= 11 is 6.02. The number of hydrogen-bond donors (Lipinski definition) is 1. The number of nitrogens with one attached hydrogen (secondary N) is 1. The molecule has 0 aromatic heterocycles. The van der Waals surface area contributed by atoms with Crippen LogP contribution >= 0.6 is 11.6 Å². The molecule has 1 N–H and O–H groups in total. The summed E-state index contributed by atoms with van der Waals surface area (Å²) in [4.78, 5) is 11.8. The first-order chi connectivity index (χ1) is 13.8. The quantitative estimate of drug-likeness (QED) is 0.585. The van der Waals surface area contributed by atoms with E-state index in [1.54, 1.807) is 0 Å². The molecule has 3 aromatic carbocycles. The number of benzene rings is 3. The van der Waals surface area contributed by atoms with Crippen molar-refractivity contribution in [1.29, 1.82) is 0 Å². The Morgan fingerprint density at radius 2 is 1.59 bits per heavy atom. The summed E-state index contributed by atoms with van der Waals surface area (Å²) in [6.07, 6.45) is 0. The second-order valence-corrected chi connectivity index (χ2v) is 8.63. The maximum atomic E-state index is 13.1. The maximum Gasteiger partial charge on any atom is 0.339 e. The zero-order chi connectivity index (χ0) is 21.0. The Kier molecular flexibility index (Phi) is 6.37. The Balaban J connectivity index is 2.03. The summed E-state index contributed by atoms with van der Waals surface area (Å²) in [6.45, 7) is 1.97. The van der Waals surface area contributed by atoms with Crippen LogP contribution in [0.2, 0.25) is 5.02 Å². The average Bonchev–Trinajstić information content (AvgIpc) is 2.73. The molecule has 0 spiro atoms. The minimum absolute atomic E-state index is 0.0105. The second kappa shape index (κ2) is 8.78. The third-order valence-electron chi connectivity index (χ3n) is 4.47. The molecular weight excluding hydrogens is 410 g/mol. The summed E-state index contributed by atoms with van der Waals surface area (Å²) in [5, 5.41) is 0.119. The molecule has 1 atom stereocenters. The van der Waals surface area contributed by atoms with E-state index < -0.39 is 22.0 Å². The van der Waals surface area contributed by atoms with Crippen LogP contribution in [0.4, 0.5) is 0 Å².